The van der Waals surface area contributed by atoms with Crippen LogP contribution in [0.15, 0.2) is 30.6 Å². The molecule has 1 saturated heterocycles. The van der Waals surface area contributed by atoms with Crippen LogP contribution in [0.5, 0.6) is 0 Å². The highest BCUT2D eigenvalue weighted by Gasteiger charge is 2.12. The van der Waals surface area contributed by atoms with Gasteiger partial charge in [-0.1, -0.05) is 19.3 Å². The monoisotopic (exact) mass is 354 g/mol. The van der Waals surface area contributed by atoms with Crippen molar-refractivity contribution in [3.63, 3.8) is 0 Å². The first-order valence-corrected chi connectivity index (χ1v) is 9.29. The number of nitrogen functional groups attached to an aromatic ring is 2. The number of nitrogens with zero attached hydrogens (tertiary/aromatic N) is 3. The van der Waals surface area contributed by atoms with Crippen LogP contribution in [0.25, 0.3) is 0 Å². The summed E-state index contributed by atoms with van der Waals surface area (Å²) in [5, 5.41) is 6.92. The lowest BCUT2D eigenvalue weighted by atomic mass is 10.1. The molecule has 2 aliphatic rings. The first-order valence-electron chi connectivity index (χ1n) is 9.29. The van der Waals surface area contributed by atoms with Crippen molar-refractivity contribution < 1.29 is 0 Å². The highest BCUT2D eigenvalue weighted by Crippen LogP contribution is 2.15. The number of aryl methyl sites for hydroxylation is 1. The van der Waals surface area contributed by atoms with E-state index in [-0.39, 0.29) is 0 Å². The van der Waals surface area contributed by atoms with Crippen LogP contribution in [0.3, 0.4) is 0 Å². The number of anilines is 3. The summed E-state index contributed by atoms with van der Waals surface area (Å²) in [5.74, 6) is 0.894. The van der Waals surface area contributed by atoms with E-state index in [9.17, 15) is 0 Å². The van der Waals surface area contributed by atoms with Crippen molar-refractivity contribution in [1.82, 2.24) is 9.97 Å². The normalized spacial score (nSPS) is 15.0. The smallest absolute Gasteiger partial charge is 0.225 e. The SMILES string of the molecule is C1CC1.Cc1cnc(N2CCCCC2)nc1.N=Cc1cc(N)ccc1N. The number of hydrogen-bond acceptors (Lipinski definition) is 6. The first kappa shape index (κ1) is 19.7. The maximum Gasteiger partial charge on any atom is 0.225 e. The zero-order chi connectivity index (χ0) is 18.8. The highest BCUT2D eigenvalue weighted by atomic mass is 15.2. The molecule has 0 spiro atoms. The summed E-state index contributed by atoms with van der Waals surface area (Å²) in [5.41, 5.74) is 13.9. The van der Waals surface area contributed by atoms with Gasteiger partial charge >= 0.3 is 0 Å². The fourth-order valence-corrected chi connectivity index (χ4v) is 2.36. The van der Waals surface area contributed by atoms with Crippen molar-refractivity contribution in [3.8, 4) is 0 Å². The molecule has 0 atom stereocenters. The largest absolute Gasteiger partial charge is 0.399 e. The van der Waals surface area contributed by atoms with E-state index >= 15 is 0 Å². The molecule has 1 saturated carbocycles. The van der Waals surface area contributed by atoms with Gasteiger partial charge in [0.05, 0.1) is 0 Å². The third-order valence-electron chi connectivity index (χ3n) is 4.03. The topological polar surface area (TPSA) is 105 Å². The Labute approximate surface area is 156 Å². The molecule has 6 nitrogen and oxygen atoms in total. The van der Waals surface area contributed by atoms with E-state index < -0.39 is 0 Å². The van der Waals surface area contributed by atoms with E-state index in [0.29, 0.717) is 16.9 Å². The van der Waals surface area contributed by atoms with Crippen LogP contribution in [-0.2, 0) is 0 Å². The van der Waals surface area contributed by atoms with Gasteiger partial charge in [0.15, 0.2) is 0 Å². The second-order valence-corrected chi connectivity index (χ2v) is 6.70. The predicted molar refractivity (Wildman–Crippen MR) is 110 cm³/mol. The number of benzene rings is 1. The Hall–Kier alpha value is -2.63. The molecule has 6 heteroatoms. The number of nitrogens with one attached hydrogen (secondary N) is 1. The zero-order valence-electron chi connectivity index (χ0n) is 15.6. The molecule has 0 bridgehead atoms. The second-order valence-electron chi connectivity index (χ2n) is 6.70. The summed E-state index contributed by atoms with van der Waals surface area (Å²) < 4.78 is 0. The molecule has 4 rings (SSSR count). The second kappa shape index (κ2) is 10.4. The maximum absolute atomic E-state index is 6.92. The Balaban J connectivity index is 0.000000165. The quantitative estimate of drug-likeness (QED) is 0.562. The third kappa shape index (κ3) is 7.09. The molecule has 2 fully saturated rings. The molecule has 1 aliphatic heterocycles. The standard InChI is InChI=1S/C10H15N3.C7H9N3.C3H6/c1-9-7-11-10(12-8-9)13-5-3-2-4-6-13;8-4-5-3-6(9)1-2-7(5)10;1-2-3-1/h7-8H,2-6H2,1H3;1-4,8H,9-10H2;1-3H2. The molecule has 1 aromatic carbocycles. The number of rotatable bonds is 2. The van der Waals surface area contributed by atoms with Crippen molar-refractivity contribution >= 4 is 23.5 Å². The van der Waals surface area contributed by atoms with Gasteiger partial charge in [-0.05, 0) is 49.9 Å². The van der Waals surface area contributed by atoms with Gasteiger partial charge < -0.3 is 21.8 Å². The summed E-state index contributed by atoms with van der Waals surface area (Å²) in [6, 6.07) is 5.07. The Bertz CT molecular complexity index is 672. The molecule has 5 N–H and O–H groups in total. The van der Waals surface area contributed by atoms with Gasteiger partial charge in [-0.25, -0.2) is 9.97 Å². The van der Waals surface area contributed by atoms with E-state index in [4.69, 9.17) is 16.9 Å². The van der Waals surface area contributed by atoms with Crippen molar-refractivity contribution in [2.45, 2.75) is 45.4 Å². The molecule has 1 aromatic heterocycles. The zero-order valence-corrected chi connectivity index (χ0v) is 15.6. The minimum atomic E-state index is 0.587. The summed E-state index contributed by atoms with van der Waals surface area (Å²) in [6.45, 7) is 4.24. The summed E-state index contributed by atoms with van der Waals surface area (Å²) in [7, 11) is 0. The highest BCUT2D eigenvalue weighted by molar-refractivity contribution is 5.86. The van der Waals surface area contributed by atoms with Crippen molar-refractivity contribution in [2.75, 3.05) is 29.5 Å². The van der Waals surface area contributed by atoms with Gasteiger partial charge in [-0.3, -0.25) is 0 Å². The van der Waals surface area contributed by atoms with Crippen LogP contribution < -0.4 is 16.4 Å². The van der Waals surface area contributed by atoms with Crippen LogP contribution in [0.1, 0.15) is 49.7 Å². The van der Waals surface area contributed by atoms with E-state index in [1.165, 1.54) is 44.7 Å². The molecule has 26 heavy (non-hydrogen) atoms. The summed E-state index contributed by atoms with van der Waals surface area (Å²) in [4.78, 5) is 10.9. The Morgan fingerprint density at radius 1 is 0.962 bits per heavy atom. The number of aromatic nitrogens is 2. The van der Waals surface area contributed by atoms with E-state index in [2.05, 4.69) is 14.9 Å². The lowest BCUT2D eigenvalue weighted by Crippen LogP contribution is -2.30. The fourth-order valence-electron chi connectivity index (χ4n) is 2.36. The summed E-state index contributed by atoms with van der Waals surface area (Å²) in [6.07, 6.45) is 13.4. The van der Waals surface area contributed by atoms with Crippen molar-refractivity contribution in [2.24, 2.45) is 0 Å². The van der Waals surface area contributed by atoms with E-state index in [0.717, 1.165) is 24.6 Å². The third-order valence-corrected chi connectivity index (χ3v) is 4.03. The molecular formula is C20H30N6. The van der Waals surface area contributed by atoms with Crippen molar-refractivity contribution in [1.29, 1.82) is 5.41 Å². The van der Waals surface area contributed by atoms with Crippen LogP contribution >= 0.6 is 0 Å². The number of piperidine rings is 1. The molecule has 140 valence electrons. The van der Waals surface area contributed by atoms with Gasteiger partial charge in [-0.2, -0.15) is 0 Å². The van der Waals surface area contributed by atoms with Crippen LogP contribution in [0, 0.1) is 12.3 Å². The molecule has 0 unspecified atom stereocenters. The van der Waals surface area contributed by atoms with Crippen LogP contribution in [-0.4, -0.2) is 29.3 Å². The molecule has 0 amide bonds. The average Bonchev–Trinajstić information content (AvgIpc) is 3.55. The van der Waals surface area contributed by atoms with Gasteiger partial charge in [0.25, 0.3) is 0 Å². The Morgan fingerprint density at radius 3 is 2.04 bits per heavy atom. The first-order chi connectivity index (χ1) is 12.6. The van der Waals surface area contributed by atoms with Crippen molar-refractivity contribution in [3.05, 3.63) is 41.7 Å². The fraction of sp³-hybridized carbons (Fsp3) is 0.450. The number of hydrogen-bond donors (Lipinski definition) is 3. The minimum Gasteiger partial charge on any atom is -0.399 e. The molecule has 1 aliphatic carbocycles. The predicted octanol–water partition coefficient (Wildman–Crippen LogP) is 3.79. The lowest BCUT2D eigenvalue weighted by Gasteiger charge is -2.26. The van der Waals surface area contributed by atoms with Gasteiger partial charge in [0.1, 0.15) is 0 Å². The summed E-state index contributed by atoms with van der Waals surface area (Å²) >= 11 is 0. The van der Waals surface area contributed by atoms with E-state index in [1.807, 2.05) is 19.3 Å². The average molecular weight is 355 g/mol. The molecular weight excluding hydrogens is 324 g/mol. The van der Waals surface area contributed by atoms with Crippen LogP contribution in [0.2, 0.25) is 0 Å². The molecule has 2 heterocycles. The lowest BCUT2D eigenvalue weighted by molar-refractivity contribution is 0.568. The Morgan fingerprint density at radius 2 is 1.54 bits per heavy atom. The molecule has 2 aromatic rings. The maximum atomic E-state index is 6.92. The van der Waals surface area contributed by atoms with Gasteiger partial charge in [0.2, 0.25) is 5.95 Å². The Kier molecular flexibility index (Phi) is 7.86. The van der Waals surface area contributed by atoms with Gasteiger partial charge in [-0.15, -0.1) is 0 Å². The number of nitrogens with two attached hydrogens (primary N) is 2. The molecule has 0 radical (unpaired) electrons. The van der Waals surface area contributed by atoms with Gasteiger partial charge in [0, 0.05) is 48.6 Å². The van der Waals surface area contributed by atoms with Crippen LogP contribution in [0.4, 0.5) is 17.3 Å². The van der Waals surface area contributed by atoms with E-state index in [1.54, 1.807) is 18.2 Å². The minimum absolute atomic E-state index is 0.587.